The molecule has 0 aliphatic heterocycles. The van der Waals surface area contributed by atoms with Crippen LogP contribution in [0.1, 0.15) is 27.6 Å². The van der Waals surface area contributed by atoms with Crippen LogP contribution in [0.5, 0.6) is 5.75 Å². The smallest absolute Gasteiger partial charge is 0.337 e. The number of ether oxygens (including phenoxy) is 1. The zero-order chi connectivity index (χ0) is 25.1. The number of aromatic nitrogens is 5. The van der Waals surface area contributed by atoms with Gasteiger partial charge in [-0.1, -0.05) is 17.3 Å². The van der Waals surface area contributed by atoms with Crippen LogP contribution in [0.4, 0.5) is 0 Å². The van der Waals surface area contributed by atoms with Crippen molar-refractivity contribution in [1.82, 2.24) is 25.1 Å². The molecule has 0 unspecified atom stereocenters. The van der Waals surface area contributed by atoms with Gasteiger partial charge >= 0.3 is 5.97 Å². The minimum Gasteiger partial charge on any atom is -0.496 e. The second-order valence-electron chi connectivity index (χ2n) is 8.63. The molecule has 2 aromatic carbocycles. The molecule has 178 valence electrons. The van der Waals surface area contributed by atoms with Gasteiger partial charge in [-0.3, -0.25) is 4.98 Å². The van der Waals surface area contributed by atoms with Gasteiger partial charge in [-0.15, -0.1) is 0 Å². The predicted molar refractivity (Wildman–Crippen MR) is 135 cm³/mol. The van der Waals surface area contributed by atoms with Crippen LogP contribution in [-0.4, -0.2) is 43.3 Å². The Morgan fingerprint density at radius 3 is 2.61 bits per heavy atom. The molecule has 0 aliphatic rings. The molecular weight excluding hydrogens is 458 g/mol. The summed E-state index contributed by atoms with van der Waals surface area (Å²) in [5.41, 5.74) is 6.05. The average molecular weight is 479 g/mol. The number of carboxylic acids is 1. The highest BCUT2D eigenvalue weighted by Gasteiger charge is 2.22. The van der Waals surface area contributed by atoms with E-state index in [9.17, 15) is 9.90 Å². The first-order valence-electron chi connectivity index (χ1n) is 11.3. The number of methoxy groups -OCH3 is 1. The van der Waals surface area contributed by atoms with Crippen LogP contribution in [0.3, 0.4) is 0 Å². The standard InChI is InChI=1S/C27H21N5O4/c1-12-22(13(2)36-32-12)19-10-20-18(11-21(19)35-4)23-25(29-14(3)30-26(23)31-20)16-7-8-17(27(33)34)24-15(16)6-5-9-28-24/h5-11H,1-4H3,(H,33,34)(H,29,30,31). The number of nitrogens with one attached hydrogen (secondary N) is 1. The number of hydrogen-bond donors (Lipinski definition) is 2. The number of benzene rings is 2. The molecule has 0 saturated carbocycles. The third kappa shape index (κ3) is 3.13. The number of nitrogens with zero attached hydrogens (tertiary/aromatic N) is 4. The Balaban J connectivity index is 1.70. The van der Waals surface area contributed by atoms with Crippen molar-refractivity contribution in [1.29, 1.82) is 0 Å². The fourth-order valence-electron chi connectivity index (χ4n) is 4.91. The fraction of sp³-hybridized carbons (Fsp3) is 0.148. The van der Waals surface area contributed by atoms with Crippen molar-refractivity contribution in [3.05, 3.63) is 65.4 Å². The third-order valence-corrected chi connectivity index (χ3v) is 6.44. The predicted octanol–water partition coefficient (Wildman–Crippen LogP) is 5.61. The van der Waals surface area contributed by atoms with Gasteiger partial charge in [0, 0.05) is 33.6 Å². The zero-order valence-electron chi connectivity index (χ0n) is 20.0. The number of fused-ring (bicyclic) bond motifs is 4. The van der Waals surface area contributed by atoms with Crippen molar-refractivity contribution < 1.29 is 19.2 Å². The SMILES string of the molecule is COc1cc2c(cc1-c1c(C)noc1C)[nH]c1nc(C)nc(-c3ccc(C(=O)O)c4ncccc34)c12. The largest absolute Gasteiger partial charge is 0.496 e. The van der Waals surface area contributed by atoms with E-state index in [-0.39, 0.29) is 5.56 Å². The molecule has 4 heterocycles. The molecule has 6 rings (SSSR count). The minimum absolute atomic E-state index is 0.140. The average Bonchev–Trinajstić information content (AvgIpc) is 3.39. The lowest BCUT2D eigenvalue weighted by Crippen LogP contribution is -2.01. The van der Waals surface area contributed by atoms with Crippen LogP contribution < -0.4 is 4.74 Å². The molecule has 0 bridgehead atoms. The van der Waals surface area contributed by atoms with Gasteiger partial charge in [0.2, 0.25) is 0 Å². The van der Waals surface area contributed by atoms with Crippen LogP contribution in [0.25, 0.3) is 55.2 Å². The normalized spacial score (nSPS) is 11.6. The van der Waals surface area contributed by atoms with Gasteiger partial charge in [-0.05, 0) is 45.0 Å². The van der Waals surface area contributed by atoms with Crippen molar-refractivity contribution in [2.24, 2.45) is 0 Å². The van der Waals surface area contributed by atoms with Gasteiger partial charge in [0.25, 0.3) is 0 Å². The van der Waals surface area contributed by atoms with Crippen molar-refractivity contribution >= 4 is 38.8 Å². The van der Waals surface area contributed by atoms with Gasteiger partial charge in [0.1, 0.15) is 23.0 Å². The molecular formula is C27H21N5O4. The van der Waals surface area contributed by atoms with Crippen LogP contribution >= 0.6 is 0 Å². The maximum Gasteiger partial charge on any atom is 0.337 e. The van der Waals surface area contributed by atoms with Crippen molar-refractivity contribution in [3.63, 3.8) is 0 Å². The summed E-state index contributed by atoms with van der Waals surface area (Å²) < 4.78 is 11.2. The lowest BCUT2D eigenvalue weighted by Gasteiger charge is -2.11. The minimum atomic E-state index is -1.03. The highest BCUT2D eigenvalue weighted by Crippen LogP contribution is 2.42. The summed E-state index contributed by atoms with van der Waals surface area (Å²) in [4.78, 5) is 29.1. The van der Waals surface area contributed by atoms with Crippen molar-refractivity contribution in [2.45, 2.75) is 20.8 Å². The number of rotatable bonds is 4. The van der Waals surface area contributed by atoms with Gasteiger partial charge in [0.15, 0.2) is 0 Å². The first-order valence-corrected chi connectivity index (χ1v) is 11.3. The van der Waals surface area contributed by atoms with Gasteiger partial charge < -0.3 is 19.4 Å². The number of pyridine rings is 1. The summed E-state index contributed by atoms with van der Waals surface area (Å²) in [6, 6.07) is 11.0. The van der Waals surface area contributed by atoms with Crippen molar-refractivity contribution in [3.8, 4) is 28.1 Å². The second kappa shape index (κ2) is 7.88. The maximum absolute atomic E-state index is 11.8. The molecule has 0 aliphatic carbocycles. The summed E-state index contributed by atoms with van der Waals surface area (Å²) in [6.07, 6.45) is 1.59. The Kier molecular flexibility index (Phi) is 4.75. The van der Waals surface area contributed by atoms with E-state index < -0.39 is 5.97 Å². The van der Waals surface area contributed by atoms with Crippen LogP contribution in [0.15, 0.2) is 47.1 Å². The number of aryl methyl sites for hydroxylation is 3. The van der Waals surface area contributed by atoms with E-state index in [1.165, 1.54) is 0 Å². The molecule has 9 nitrogen and oxygen atoms in total. The number of aromatic amines is 1. The van der Waals surface area contributed by atoms with Gasteiger partial charge in [-0.25, -0.2) is 14.8 Å². The summed E-state index contributed by atoms with van der Waals surface area (Å²) in [5, 5.41) is 16.2. The Labute approximate surface area is 204 Å². The van der Waals surface area contributed by atoms with Crippen LogP contribution in [0.2, 0.25) is 0 Å². The maximum atomic E-state index is 11.8. The van der Waals surface area contributed by atoms with Crippen LogP contribution in [-0.2, 0) is 0 Å². The number of carboxylic acid groups (broad SMARTS) is 1. The van der Waals surface area contributed by atoms with Gasteiger partial charge in [0.05, 0.1) is 40.5 Å². The summed E-state index contributed by atoms with van der Waals surface area (Å²) in [5.74, 6) is 0.923. The first-order chi connectivity index (χ1) is 17.4. The fourth-order valence-corrected chi connectivity index (χ4v) is 4.91. The molecule has 0 saturated heterocycles. The van der Waals surface area contributed by atoms with E-state index in [4.69, 9.17) is 14.2 Å². The molecule has 6 aromatic rings. The van der Waals surface area contributed by atoms with E-state index in [2.05, 4.69) is 20.1 Å². The summed E-state index contributed by atoms with van der Waals surface area (Å²) in [6.45, 7) is 5.60. The van der Waals surface area contributed by atoms with Crippen LogP contribution in [0, 0.1) is 20.8 Å². The number of aromatic carboxylic acids is 1. The first kappa shape index (κ1) is 21.7. The third-order valence-electron chi connectivity index (χ3n) is 6.44. The quantitative estimate of drug-likeness (QED) is 0.334. The van der Waals surface area contributed by atoms with E-state index in [0.29, 0.717) is 39.6 Å². The highest BCUT2D eigenvalue weighted by atomic mass is 16.5. The van der Waals surface area contributed by atoms with E-state index in [1.807, 2.05) is 39.0 Å². The Morgan fingerprint density at radius 2 is 1.89 bits per heavy atom. The zero-order valence-corrected chi connectivity index (χ0v) is 20.0. The van der Waals surface area contributed by atoms with E-state index in [0.717, 1.165) is 38.7 Å². The number of carbonyl (C=O) groups is 1. The van der Waals surface area contributed by atoms with E-state index in [1.54, 1.807) is 31.5 Å². The Hall–Kier alpha value is -4.79. The highest BCUT2D eigenvalue weighted by molar-refractivity contribution is 6.16. The van der Waals surface area contributed by atoms with E-state index >= 15 is 0 Å². The summed E-state index contributed by atoms with van der Waals surface area (Å²) in [7, 11) is 1.63. The number of H-pyrrole nitrogens is 1. The molecule has 4 aromatic heterocycles. The lowest BCUT2D eigenvalue weighted by atomic mass is 9.97. The molecule has 0 radical (unpaired) electrons. The molecule has 0 fully saturated rings. The van der Waals surface area contributed by atoms with Crippen molar-refractivity contribution in [2.75, 3.05) is 7.11 Å². The number of hydrogen-bond acceptors (Lipinski definition) is 7. The molecule has 0 spiro atoms. The molecule has 0 amide bonds. The molecule has 36 heavy (non-hydrogen) atoms. The second-order valence-corrected chi connectivity index (χ2v) is 8.63. The molecule has 2 N–H and O–H groups in total. The lowest BCUT2D eigenvalue weighted by molar-refractivity contribution is 0.0699. The Bertz CT molecular complexity index is 1830. The van der Waals surface area contributed by atoms with Gasteiger partial charge in [-0.2, -0.15) is 0 Å². The topological polar surface area (TPSA) is 127 Å². The monoisotopic (exact) mass is 479 g/mol. The molecule has 9 heteroatoms. The molecule has 0 atom stereocenters. The summed E-state index contributed by atoms with van der Waals surface area (Å²) >= 11 is 0. The Morgan fingerprint density at radius 1 is 1.06 bits per heavy atom.